The van der Waals surface area contributed by atoms with Crippen molar-refractivity contribution in [1.29, 1.82) is 0 Å². The molecule has 0 fully saturated rings. The van der Waals surface area contributed by atoms with Gasteiger partial charge in [0.2, 0.25) is 0 Å². The largest absolute Gasteiger partial charge is 0.496 e. The smallest absolute Gasteiger partial charge is 0.127 e. The van der Waals surface area contributed by atoms with Gasteiger partial charge in [-0.25, -0.2) is 0 Å². The highest BCUT2D eigenvalue weighted by molar-refractivity contribution is 5.56. The molecule has 0 aromatic heterocycles. The minimum absolute atomic E-state index is 0.357. The summed E-state index contributed by atoms with van der Waals surface area (Å²) in [5, 5.41) is 7.03. The zero-order valence-electron chi connectivity index (χ0n) is 13.7. The van der Waals surface area contributed by atoms with Crippen LogP contribution in [-0.2, 0) is 13.0 Å². The number of benzene rings is 1. The first-order valence-electron chi connectivity index (χ1n) is 7.97. The third-order valence-electron chi connectivity index (χ3n) is 4.15. The zero-order chi connectivity index (χ0) is 15.2. The molecule has 21 heavy (non-hydrogen) atoms. The first-order valence-corrected chi connectivity index (χ1v) is 7.97. The molecular formula is C17H28N2O2. The van der Waals surface area contributed by atoms with Gasteiger partial charge in [0.05, 0.1) is 14.2 Å². The van der Waals surface area contributed by atoms with Crippen LogP contribution in [0.4, 0.5) is 0 Å². The summed E-state index contributed by atoms with van der Waals surface area (Å²) in [5.41, 5.74) is 3.79. The fraction of sp³-hybridized carbons (Fsp3) is 0.647. The van der Waals surface area contributed by atoms with Crippen LogP contribution < -0.4 is 20.1 Å². The van der Waals surface area contributed by atoms with Crippen molar-refractivity contribution in [3.8, 4) is 11.5 Å². The van der Waals surface area contributed by atoms with E-state index in [1.165, 1.54) is 16.7 Å². The standard InChI is InChI=1S/C17H28N2O2/c1-5-8-18-11-12-10-15(20-3)16-13(17(12)21-4)7-9-19-14(16)6-2/h10,14,18-19H,5-9,11H2,1-4H3. The van der Waals surface area contributed by atoms with E-state index in [1.54, 1.807) is 14.2 Å². The van der Waals surface area contributed by atoms with Gasteiger partial charge in [0.25, 0.3) is 0 Å². The molecule has 1 aromatic carbocycles. The van der Waals surface area contributed by atoms with Crippen molar-refractivity contribution >= 4 is 0 Å². The maximum Gasteiger partial charge on any atom is 0.127 e. The van der Waals surface area contributed by atoms with Crippen LogP contribution in [0.1, 0.15) is 49.4 Å². The highest BCUT2D eigenvalue weighted by atomic mass is 16.5. The first kappa shape index (κ1) is 16.1. The topological polar surface area (TPSA) is 42.5 Å². The van der Waals surface area contributed by atoms with Gasteiger partial charge < -0.3 is 20.1 Å². The first-order chi connectivity index (χ1) is 10.3. The molecule has 0 radical (unpaired) electrons. The summed E-state index contributed by atoms with van der Waals surface area (Å²) in [4.78, 5) is 0. The van der Waals surface area contributed by atoms with Crippen LogP contribution in [0, 0.1) is 0 Å². The van der Waals surface area contributed by atoms with Crippen LogP contribution >= 0.6 is 0 Å². The Morgan fingerprint density at radius 2 is 2.10 bits per heavy atom. The second kappa shape index (κ2) is 7.66. The van der Waals surface area contributed by atoms with Crippen molar-refractivity contribution in [3.05, 3.63) is 22.8 Å². The minimum Gasteiger partial charge on any atom is -0.496 e. The molecule has 4 nitrogen and oxygen atoms in total. The number of hydrogen-bond acceptors (Lipinski definition) is 4. The van der Waals surface area contributed by atoms with Crippen LogP contribution in [-0.4, -0.2) is 27.3 Å². The van der Waals surface area contributed by atoms with Gasteiger partial charge in [-0.1, -0.05) is 13.8 Å². The Labute approximate surface area is 128 Å². The molecule has 1 aliphatic heterocycles. The SMILES string of the molecule is CCCNCc1cc(OC)c2c(c1OC)CCNC2CC. The van der Waals surface area contributed by atoms with Crippen LogP contribution in [0.25, 0.3) is 0 Å². The normalized spacial score (nSPS) is 17.4. The molecule has 1 atom stereocenters. The Hall–Kier alpha value is -1.26. The van der Waals surface area contributed by atoms with E-state index in [1.807, 2.05) is 0 Å². The van der Waals surface area contributed by atoms with Gasteiger partial charge in [0.15, 0.2) is 0 Å². The summed E-state index contributed by atoms with van der Waals surface area (Å²) in [6.07, 6.45) is 3.18. The summed E-state index contributed by atoms with van der Waals surface area (Å²) in [7, 11) is 3.53. The monoisotopic (exact) mass is 292 g/mol. The fourth-order valence-electron chi connectivity index (χ4n) is 3.17. The van der Waals surface area contributed by atoms with Gasteiger partial charge >= 0.3 is 0 Å². The van der Waals surface area contributed by atoms with Gasteiger partial charge in [-0.05, 0) is 38.4 Å². The predicted octanol–water partition coefficient (Wildman–Crippen LogP) is 2.80. The summed E-state index contributed by atoms with van der Waals surface area (Å²) in [6, 6.07) is 2.49. The van der Waals surface area contributed by atoms with Gasteiger partial charge in [-0.15, -0.1) is 0 Å². The van der Waals surface area contributed by atoms with Crippen molar-refractivity contribution in [1.82, 2.24) is 10.6 Å². The van der Waals surface area contributed by atoms with Crippen LogP contribution in [0.15, 0.2) is 6.07 Å². The predicted molar refractivity (Wildman–Crippen MR) is 86.3 cm³/mol. The maximum atomic E-state index is 5.74. The molecule has 0 bridgehead atoms. The lowest BCUT2D eigenvalue weighted by Crippen LogP contribution is -2.30. The molecule has 118 valence electrons. The summed E-state index contributed by atoms with van der Waals surface area (Å²) in [6.45, 7) is 7.22. The number of nitrogens with one attached hydrogen (secondary N) is 2. The molecule has 0 saturated carbocycles. The Bertz CT molecular complexity index is 474. The molecule has 2 N–H and O–H groups in total. The lowest BCUT2D eigenvalue weighted by atomic mass is 9.89. The summed E-state index contributed by atoms with van der Waals surface area (Å²) in [5.74, 6) is 2.02. The van der Waals surface area contributed by atoms with Gasteiger partial charge in [0, 0.05) is 29.3 Å². The molecule has 1 aliphatic rings. The minimum atomic E-state index is 0.357. The fourth-order valence-corrected chi connectivity index (χ4v) is 3.17. The van der Waals surface area contributed by atoms with E-state index in [2.05, 4.69) is 30.5 Å². The zero-order valence-corrected chi connectivity index (χ0v) is 13.7. The Morgan fingerprint density at radius 3 is 2.71 bits per heavy atom. The summed E-state index contributed by atoms with van der Waals surface area (Å²) < 4.78 is 11.4. The van der Waals surface area contributed by atoms with E-state index in [4.69, 9.17) is 9.47 Å². The van der Waals surface area contributed by atoms with Crippen molar-refractivity contribution in [3.63, 3.8) is 0 Å². The number of hydrogen-bond donors (Lipinski definition) is 2. The van der Waals surface area contributed by atoms with E-state index in [9.17, 15) is 0 Å². The molecule has 0 saturated heterocycles. The lowest BCUT2D eigenvalue weighted by molar-refractivity contribution is 0.369. The second-order valence-corrected chi connectivity index (χ2v) is 5.51. The Morgan fingerprint density at radius 1 is 1.29 bits per heavy atom. The van der Waals surface area contributed by atoms with E-state index >= 15 is 0 Å². The third-order valence-corrected chi connectivity index (χ3v) is 4.15. The highest BCUT2D eigenvalue weighted by Crippen LogP contribution is 2.41. The average Bonchev–Trinajstić information content (AvgIpc) is 2.53. The molecule has 4 heteroatoms. The Kier molecular flexibility index (Phi) is 5.88. The molecule has 0 spiro atoms. The van der Waals surface area contributed by atoms with Crippen LogP contribution in [0.2, 0.25) is 0 Å². The molecule has 1 heterocycles. The Balaban J connectivity index is 2.44. The number of ether oxygens (including phenoxy) is 2. The highest BCUT2D eigenvalue weighted by Gasteiger charge is 2.27. The molecule has 0 aliphatic carbocycles. The van der Waals surface area contributed by atoms with Crippen molar-refractivity contribution in [2.45, 2.75) is 45.7 Å². The number of methoxy groups -OCH3 is 2. The number of rotatable bonds is 7. The van der Waals surface area contributed by atoms with Gasteiger partial charge in [-0.3, -0.25) is 0 Å². The molecule has 1 aromatic rings. The van der Waals surface area contributed by atoms with Crippen molar-refractivity contribution in [2.24, 2.45) is 0 Å². The van der Waals surface area contributed by atoms with E-state index in [0.717, 1.165) is 50.4 Å². The average molecular weight is 292 g/mol. The third kappa shape index (κ3) is 3.33. The molecule has 0 amide bonds. The van der Waals surface area contributed by atoms with Crippen LogP contribution in [0.3, 0.4) is 0 Å². The van der Waals surface area contributed by atoms with E-state index in [0.29, 0.717) is 6.04 Å². The number of fused-ring (bicyclic) bond motifs is 1. The molecular weight excluding hydrogens is 264 g/mol. The quantitative estimate of drug-likeness (QED) is 0.758. The maximum absolute atomic E-state index is 5.74. The summed E-state index contributed by atoms with van der Waals surface area (Å²) >= 11 is 0. The molecule has 2 rings (SSSR count). The van der Waals surface area contributed by atoms with Crippen molar-refractivity contribution in [2.75, 3.05) is 27.3 Å². The van der Waals surface area contributed by atoms with E-state index < -0.39 is 0 Å². The molecule has 1 unspecified atom stereocenters. The van der Waals surface area contributed by atoms with E-state index in [-0.39, 0.29) is 0 Å². The lowest BCUT2D eigenvalue weighted by Gasteiger charge is -2.30. The van der Waals surface area contributed by atoms with Crippen molar-refractivity contribution < 1.29 is 9.47 Å². The van der Waals surface area contributed by atoms with Gasteiger partial charge in [0.1, 0.15) is 11.5 Å². The van der Waals surface area contributed by atoms with Gasteiger partial charge in [-0.2, -0.15) is 0 Å². The van der Waals surface area contributed by atoms with Crippen LogP contribution in [0.5, 0.6) is 11.5 Å². The second-order valence-electron chi connectivity index (χ2n) is 5.51.